The quantitative estimate of drug-likeness (QED) is 0.816. The molecule has 114 valence electrons. The van der Waals surface area contributed by atoms with Crippen molar-refractivity contribution in [3.8, 4) is 0 Å². The van der Waals surface area contributed by atoms with Gasteiger partial charge in [-0.25, -0.2) is 4.68 Å². The summed E-state index contributed by atoms with van der Waals surface area (Å²) in [5, 5.41) is 4.41. The number of benzene rings is 1. The van der Waals surface area contributed by atoms with Crippen LogP contribution in [0, 0.1) is 4.77 Å². The SMILES string of the molecule is Cn1nc(C2=CCCCC2)c(=O)n(Cc2ccccc2)c1=S. The Morgan fingerprint density at radius 1 is 1.23 bits per heavy atom. The summed E-state index contributed by atoms with van der Waals surface area (Å²) in [6, 6.07) is 9.90. The summed E-state index contributed by atoms with van der Waals surface area (Å²) < 4.78 is 3.72. The Kier molecular flexibility index (Phi) is 4.34. The molecule has 0 saturated heterocycles. The van der Waals surface area contributed by atoms with Gasteiger partial charge in [0.1, 0.15) is 0 Å². The molecule has 1 aromatic heterocycles. The Bertz CT molecular complexity index is 818. The first-order chi connectivity index (χ1) is 10.7. The van der Waals surface area contributed by atoms with Crippen molar-refractivity contribution in [2.24, 2.45) is 7.05 Å². The van der Waals surface area contributed by atoms with Gasteiger partial charge in [-0.2, -0.15) is 5.10 Å². The molecule has 5 heteroatoms. The predicted octanol–water partition coefficient (Wildman–Crippen LogP) is 3.32. The van der Waals surface area contributed by atoms with Gasteiger partial charge in [0.05, 0.1) is 6.54 Å². The van der Waals surface area contributed by atoms with Crippen LogP contribution in [0.15, 0.2) is 41.2 Å². The average Bonchev–Trinajstić information content (AvgIpc) is 2.57. The Balaban J connectivity index is 2.10. The number of allylic oxidation sites excluding steroid dienone is 2. The van der Waals surface area contributed by atoms with E-state index in [0.29, 0.717) is 17.0 Å². The molecule has 1 aliphatic carbocycles. The van der Waals surface area contributed by atoms with E-state index in [9.17, 15) is 4.79 Å². The molecule has 4 nitrogen and oxygen atoms in total. The Hall–Kier alpha value is -2.01. The summed E-state index contributed by atoms with van der Waals surface area (Å²) in [5.74, 6) is 0. The van der Waals surface area contributed by atoms with Crippen LogP contribution in [0.4, 0.5) is 0 Å². The maximum atomic E-state index is 12.8. The van der Waals surface area contributed by atoms with Crippen molar-refractivity contribution in [3.05, 3.63) is 62.8 Å². The van der Waals surface area contributed by atoms with Crippen molar-refractivity contribution in [2.45, 2.75) is 32.2 Å². The molecule has 2 aromatic rings. The highest BCUT2D eigenvalue weighted by Crippen LogP contribution is 2.23. The number of hydrogen-bond acceptors (Lipinski definition) is 3. The fourth-order valence-electron chi connectivity index (χ4n) is 2.79. The van der Waals surface area contributed by atoms with Crippen LogP contribution in [-0.2, 0) is 13.6 Å². The molecular formula is C17H19N3OS. The molecule has 0 spiro atoms. The van der Waals surface area contributed by atoms with Gasteiger partial charge in [-0.15, -0.1) is 0 Å². The van der Waals surface area contributed by atoms with Crippen LogP contribution in [0.2, 0.25) is 0 Å². The lowest BCUT2D eigenvalue weighted by Crippen LogP contribution is -2.30. The van der Waals surface area contributed by atoms with E-state index >= 15 is 0 Å². The largest absolute Gasteiger partial charge is 0.281 e. The fourth-order valence-corrected chi connectivity index (χ4v) is 2.97. The molecule has 0 fully saturated rings. The topological polar surface area (TPSA) is 39.8 Å². The van der Waals surface area contributed by atoms with Crippen molar-refractivity contribution >= 4 is 17.8 Å². The zero-order chi connectivity index (χ0) is 15.5. The number of rotatable bonds is 3. The normalized spacial score (nSPS) is 14.7. The van der Waals surface area contributed by atoms with Crippen LogP contribution in [0.1, 0.15) is 36.9 Å². The van der Waals surface area contributed by atoms with Gasteiger partial charge in [0, 0.05) is 7.05 Å². The zero-order valence-corrected chi connectivity index (χ0v) is 13.5. The fraction of sp³-hybridized carbons (Fsp3) is 0.353. The minimum Gasteiger partial charge on any atom is -0.278 e. The number of nitrogens with zero attached hydrogens (tertiary/aromatic N) is 3. The van der Waals surface area contributed by atoms with Crippen LogP contribution in [0.3, 0.4) is 0 Å². The first-order valence-corrected chi connectivity index (χ1v) is 7.99. The van der Waals surface area contributed by atoms with E-state index in [0.717, 1.165) is 30.4 Å². The van der Waals surface area contributed by atoms with Gasteiger partial charge in [-0.3, -0.25) is 9.36 Å². The summed E-state index contributed by atoms with van der Waals surface area (Å²) >= 11 is 5.38. The summed E-state index contributed by atoms with van der Waals surface area (Å²) in [4.78, 5) is 12.8. The second-order valence-electron chi connectivity index (χ2n) is 5.61. The molecule has 0 N–H and O–H groups in total. The van der Waals surface area contributed by atoms with Gasteiger partial charge in [-0.1, -0.05) is 36.4 Å². The zero-order valence-electron chi connectivity index (χ0n) is 12.7. The molecule has 0 radical (unpaired) electrons. The predicted molar refractivity (Wildman–Crippen MR) is 90.3 cm³/mol. The molecule has 0 amide bonds. The third-order valence-electron chi connectivity index (χ3n) is 3.98. The molecule has 0 atom stereocenters. The van der Waals surface area contributed by atoms with Crippen LogP contribution < -0.4 is 5.56 Å². The van der Waals surface area contributed by atoms with Gasteiger partial charge >= 0.3 is 0 Å². The molecule has 0 unspecified atom stereocenters. The molecule has 1 heterocycles. The lowest BCUT2D eigenvalue weighted by molar-refractivity contribution is 0.590. The molecule has 3 rings (SSSR count). The van der Waals surface area contributed by atoms with Crippen molar-refractivity contribution in [1.82, 2.24) is 14.3 Å². The van der Waals surface area contributed by atoms with E-state index in [1.807, 2.05) is 30.3 Å². The molecule has 0 aliphatic heterocycles. The van der Waals surface area contributed by atoms with E-state index < -0.39 is 0 Å². The third kappa shape index (κ3) is 2.95. The summed E-state index contributed by atoms with van der Waals surface area (Å²) in [6.07, 6.45) is 6.39. The minimum absolute atomic E-state index is 0.0832. The summed E-state index contributed by atoms with van der Waals surface area (Å²) in [6.45, 7) is 0.481. The van der Waals surface area contributed by atoms with Crippen molar-refractivity contribution in [3.63, 3.8) is 0 Å². The molecule has 0 saturated carbocycles. The molecular weight excluding hydrogens is 294 g/mol. The standard InChI is InChI=1S/C17H19N3OS/c1-19-17(22)20(12-13-8-4-2-5-9-13)16(21)15(18-19)14-10-6-3-7-11-14/h2,4-5,8-10H,3,6-7,11-12H2,1H3. The summed E-state index contributed by atoms with van der Waals surface area (Å²) in [7, 11) is 1.80. The van der Waals surface area contributed by atoms with Gasteiger partial charge in [0.2, 0.25) is 0 Å². The van der Waals surface area contributed by atoms with Gasteiger partial charge in [0.25, 0.3) is 5.56 Å². The van der Waals surface area contributed by atoms with Crippen molar-refractivity contribution in [2.75, 3.05) is 0 Å². The highest BCUT2D eigenvalue weighted by atomic mass is 32.1. The van der Waals surface area contributed by atoms with E-state index in [1.165, 1.54) is 6.42 Å². The number of hydrogen-bond donors (Lipinski definition) is 0. The molecule has 0 bridgehead atoms. The van der Waals surface area contributed by atoms with Crippen molar-refractivity contribution in [1.29, 1.82) is 0 Å². The lowest BCUT2D eigenvalue weighted by Gasteiger charge is -2.15. The molecule has 1 aliphatic rings. The molecule has 1 aromatic carbocycles. The first kappa shape index (κ1) is 14.9. The van der Waals surface area contributed by atoms with E-state index in [4.69, 9.17) is 12.2 Å². The monoisotopic (exact) mass is 313 g/mol. The number of aromatic nitrogens is 3. The van der Waals surface area contributed by atoms with E-state index in [-0.39, 0.29) is 5.56 Å². The van der Waals surface area contributed by atoms with Crippen LogP contribution in [-0.4, -0.2) is 14.3 Å². The Labute approximate surface area is 134 Å². The lowest BCUT2D eigenvalue weighted by atomic mass is 9.97. The first-order valence-electron chi connectivity index (χ1n) is 7.58. The van der Waals surface area contributed by atoms with E-state index in [2.05, 4.69) is 11.2 Å². The highest BCUT2D eigenvalue weighted by molar-refractivity contribution is 7.71. The number of aryl methyl sites for hydroxylation is 1. The average molecular weight is 313 g/mol. The maximum Gasteiger partial charge on any atom is 0.281 e. The second kappa shape index (κ2) is 6.40. The molecule has 22 heavy (non-hydrogen) atoms. The van der Waals surface area contributed by atoms with Gasteiger partial charge < -0.3 is 0 Å². The van der Waals surface area contributed by atoms with Crippen molar-refractivity contribution < 1.29 is 0 Å². The van der Waals surface area contributed by atoms with Gasteiger partial charge in [-0.05, 0) is 49.0 Å². The van der Waals surface area contributed by atoms with Crippen LogP contribution in [0.25, 0.3) is 5.57 Å². The minimum atomic E-state index is -0.0832. The van der Waals surface area contributed by atoms with E-state index in [1.54, 1.807) is 16.3 Å². The van der Waals surface area contributed by atoms with Gasteiger partial charge in [0.15, 0.2) is 10.5 Å². The Morgan fingerprint density at radius 3 is 2.68 bits per heavy atom. The second-order valence-corrected chi connectivity index (χ2v) is 5.97. The highest BCUT2D eigenvalue weighted by Gasteiger charge is 2.15. The Morgan fingerprint density at radius 2 is 2.00 bits per heavy atom. The third-order valence-corrected chi connectivity index (χ3v) is 4.47. The van der Waals surface area contributed by atoms with Crippen LogP contribution >= 0.6 is 12.2 Å². The van der Waals surface area contributed by atoms with Crippen LogP contribution in [0.5, 0.6) is 0 Å². The maximum absolute atomic E-state index is 12.8. The smallest absolute Gasteiger partial charge is 0.278 e. The summed E-state index contributed by atoms with van der Waals surface area (Å²) in [5.41, 5.74) is 2.58.